The van der Waals surface area contributed by atoms with E-state index in [0.29, 0.717) is 18.4 Å². The van der Waals surface area contributed by atoms with Crippen molar-refractivity contribution in [2.75, 3.05) is 13.1 Å². The van der Waals surface area contributed by atoms with Crippen molar-refractivity contribution in [2.24, 2.45) is 11.8 Å². The predicted molar refractivity (Wildman–Crippen MR) is 117 cm³/mol. The van der Waals surface area contributed by atoms with Crippen molar-refractivity contribution in [3.8, 4) is 11.4 Å². The Balaban J connectivity index is 1.51. The molecule has 1 aliphatic heterocycles. The van der Waals surface area contributed by atoms with Crippen LogP contribution in [0.3, 0.4) is 0 Å². The first kappa shape index (κ1) is 19.3. The summed E-state index contributed by atoms with van der Waals surface area (Å²) in [5.41, 5.74) is 2.83. The summed E-state index contributed by atoms with van der Waals surface area (Å²) in [5.74, 6) is 0.750. The number of nitrogens with zero attached hydrogens (tertiary/aromatic N) is 3. The fourth-order valence-electron chi connectivity index (χ4n) is 4.29. The number of carbonyl (C=O) groups excluding carboxylic acids is 1. The molecule has 7 heteroatoms. The molecule has 5 rings (SSSR count). The van der Waals surface area contributed by atoms with Gasteiger partial charge in [-0.2, -0.15) is 0 Å². The number of carboxylic acids is 1. The van der Waals surface area contributed by atoms with Crippen molar-refractivity contribution in [1.82, 2.24) is 14.5 Å². The van der Waals surface area contributed by atoms with Crippen LogP contribution in [0.4, 0.5) is 0 Å². The zero-order chi connectivity index (χ0) is 20.8. The molecule has 2 aliphatic rings. The van der Waals surface area contributed by atoms with E-state index in [1.807, 2.05) is 29.2 Å². The van der Waals surface area contributed by atoms with Gasteiger partial charge < -0.3 is 14.6 Å². The molecule has 2 fully saturated rings. The minimum Gasteiger partial charge on any atom is -0.478 e. The molecule has 1 saturated heterocycles. The van der Waals surface area contributed by atoms with E-state index < -0.39 is 5.97 Å². The number of carbonyl (C=O) groups is 2. The molecule has 1 N–H and O–H groups in total. The van der Waals surface area contributed by atoms with Crippen LogP contribution in [0, 0.1) is 11.8 Å². The highest BCUT2D eigenvalue weighted by Crippen LogP contribution is 2.34. The van der Waals surface area contributed by atoms with Crippen LogP contribution >= 0.6 is 15.9 Å². The summed E-state index contributed by atoms with van der Waals surface area (Å²) in [5, 5.41) is 9.45. The van der Waals surface area contributed by atoms with Crippen LogP contribution in [0.25, 0.3) is 22.4 Å². The molecule has 1 aliphatic carbocycles. The van der Waals surface area contributed by atoms with Gasteiger partial charge in [0.25, 0.3) is 0 Å². The Morgan fingerprint density at radius 3 is 2.57 bits per heavy atom. The Morgan fingerprint density at radius 1 is 1.10 bits per heavy atom. The summed E-state index contributed by atoms with van der Waals surface area (Å²) in [4.78, 5) is 30.8. The third-order valence-electron chi connectivity index (χ3n) is 6.06. The van der Waals surface area contributed by atoms with Crippen LogP contribution in [0.2, 0.25) is 0 Å². The number of halogens is 1. The highest BCUT2D eigenvalue weighted by atomic mass is 79.9. The zero-order valence-corrected chi connectivity index (χ0v) is 18.0. The first-order valence-electron chi connectivity index (χ1n) is 10.3. The van der Waals surface area contributed by atoms with E-state index in [9.17, 15) is 14.7 Å². The van der Waals surface area contributed by atoms with Gasteiger partial charge >= 0.3 is 5.97 Å². The maximum Gasteiger partial charge on any atom is 0.335 e. The second-order valence-electron chi connectivity index (χ2n) is 8.27. The number of hydrogen-bond acceptors (Lipinski definition) is 3. The van der Waals surface area contributed by atoms with Gasteiger partial charge in [-0.3, -0.25) is 4.79 Å². The predicted octanol–water partition coefficient (Wildman–Crippen LogP) is 4.42. The van der Waals surface area contributed by atoms with Crippen LogP contribution in [-0.4, -0.2) is 44.5 Å². The smallest absolute Gasteiger partial charge is 0.335 e. The monoisotopic (exact) mass is 467 g/mol. The van der Waals surface area contributed by atoms with E-state index in [4.69, 9.17) is 4.98 Å². The molecular formula is C23H22BrN3O3. The van der Waals surface area contributed by atoms with Gasteiger partial charge in [0, 0.05) is 35.6 Å². The van der Waals surface area contributed by atoms with Crippen molar-refractivity contribution in [3.05, 3.63) is 52.5 Å². The number of benzene rings is 2. The quantitative estimate of drug-likeness (QED) is 0.602. The number of rotatable bonds is 5. The van der Waals surface area contributed by atoms with Crippen LogP contribution < -0.4 is 0 Å². The van der Waals surface area contributed by atoms with Crippen LogP contribution in [-0.2, 0) is 11.3 Å². The molecule has 30 heavy (non-hydrogen) atoms. The molecule has 3 aromatic rings. The zero-order valence-electron chi connectivity index (χ0n) is 16.4. The lowest BCUT2D eigenvalue weighted by Crippen LogP contribution is -2.30. The first-order chi connectivity index (χ1) is 14.5. The molecule has 2 heterocycles. The number of fused-ring (bicyclic) bond motifs is 1. The second kappa shape index (κ2) is 7.54. The molecule has 154 valence electrons. The van der Waals surface area contributed by atoms with Gasteiger partial charge in [-0.25, -0.2) is 9.78 Å². The van der Waals surface area contributed by atoms with Gasteiger partial charge in [-0.05, 0) is 55.5 Å². The van der Waals surface area contributed by atoms with Gasteiger partial charge in [-0.15, -0.1) is 0 Å². The minimum absolute atomic E-state index is 0.245. The average molecular weight is 468 g/mol. The summed E-state index contributed by atoms with van der Waals surface area (Å²) in [6.45, 7) is 2.27. The molecule has 0 bridgehead atoms. The summed E-state index contributed by atoms with van der Waals surface area (Å²) in [6, 6.07) is 13.1. The third-order valence-corrected chi connectivity index (χ3v) is 6.59. The van der Waals surface area contributed by atoms with E-state index in [0.717, 1.165) is 59.2 Å². The second-order valence-corrected chi connectivity index (χ2v) is 9.19. The Morgan fingerprint density at radius 2 is 1.87 bits per heavy atom. The van der Waals surface area contributed by atoms with Gasteiger partial charge in [0.05, 0.1) is 16.6 Å². The number of likely N-dealkylation sites (tertiary alicyclic amines) is 1. The lowest BCUT2D eigenvalue weighted by atomic mass is 10.1. The Hall–Kier alpha value is -2.67. The Kier molecular flexibility index (Phi) is 4.85. The summed E-state index contributed by atoms with van der Waals surface area (Å²) < 4.78 is 3.12. The van der Waals surface area contributed by atoms with Gasteiger partial charge in [-0.1, -0.05) is 28.1 Å². The largest absolute Gasteiger partial charge is 0.478 e. The standard InChI is InChI=1S/C23H22BrN3O3/c24-18-6-3-15(4-7-18)21-25-19-8-5-17(23(29)30)11-20(19)27(21)13-14-9-10-26(12-14)22(28)16-1-2-16/h3-8,11,14,16H,1-2,9-10,12-13H2,(H,29,30)/t14-/m0/s1. The van der Waals surface area contributed by atoms with Gasteiger partial charge in [0.1, 0.15) is 5.82 Å². The van der Waals surface area contributed by atoms with Crippen LogP contribution in [0.1, 0.15) is 29.6 Å². The molecule has 0 spiro atoms. The number of aromatic nitrogens is 2. The first-order valence-corrected chi connectivity index (χ1v) is 11.1. The van der Waals surface area contributed by atoms with Crippen molar-refractivity contribution in [3.63, 3.8) is 0 Å². The number of imidazole rings is 1. The maximum absolute atomic E-state index is 12.4. The fraction of sp³-hybridized carbons (Fsp3) is 0.348. The lowest BCUT2D eigenvalue weighted by molar-refractivity contribution is -0.131. The Labute approximate surface area is 182 Å². The summed E-state index contributed by atoms with van der Waals surface area (Å²) in [6.07, 6.45) is 3.01. The van der Waals surface area contributed by atoms with Crippen molar-refractivity contribution in [1.29, 1.82) is 0 Å². The number of aromatic carboxylic acids is 1. The Bertz CT molecular complexity index is 1130. The molecule has 6 nitrogen and oxygen atoms in total. The molecule has 1 saturated carbocycles. The van der Waals surface area contributed by atoms with Crippen molar-refractivity contribution < 1.29 is 14.7 Å². The van der Waals surface area contributed by atoms with Crippen LogP contribution in [0.5, 0.6) is 0 Å². The summed E-state index contributed by atoms with van der Waals surface area (Å²) >= 11 is 3.47. The SMILES string of the molecule is O=C(O)c1ccc2nc(-c3ccc(Br)cc3)n(C[C@H]3CCN(C(=O)C4CC4)C3)c2c1. The van der Waals surface area contributed by atoms with E-state index in [1.54, 1.807) is 18.2 Å². The van der Waals surface area contributed by atoms with Crippen molar-refractivity contribution >= 4 is 38.8 Å². The van der Waals surface area contributed by atoms with E-state index in [1.165, 1.54) is 0 Å². The number of carboxylic acid groups (broad SMARTS) is 1. The van der Waals surface area contributed by atoms with E-state index in [2.05, 4.69) is 20.5 Å². The maximum atomic E-state index is 12.4. The van der Waals surface area contributed by atoms with Gasteiger partial charge in [0.2, 0.25) is 5.91 Å². The molecule has 2 aromatic carbocycles. The normalized spacial score (nSPS) is 18.8. The minimum atomic E-state index is -0.947. The van der Waals surface area contributed by atoms with Crippen molar-refractivity contribution in [2.45, 2.75) is 25.8 Å². The number of amides is 1. The van der Waals surface area contributed by atoms with Gasteiger partial charge in [0.15, 0.2) is 0 Å². The average Bonchev–Trinajstić information content (AvgIpc) is 3.39. The molecule has 1 aromatic heterocycles. The molecule has 1 amide bonds. The topological polar surface area (TPSA) is 75.4 Å². The van der Waals surface area contributed by atoms with E-state index in [-0.39, 0.29) is 11.5 Å². The molecular weight excluding hydrogens is 446 g/mol. The van der Waals surface area contributed by atoms with E-state index >= 15 is 0 Å². The number of hydrogen-bond donors (Lipinski definition) is 1. The summed E-state index contributed by atoms with van der Waals surface area (Å²) in [7, 11) is 0. The third kappa shape index (κ3) is 3.62. The molecule has 0 unspecified atom stereocenters. The highest BCUT2D eigenvalue weighted by molar-refractivity contribution is 9.10. The highest BCUT2D eigenvalue weighted by Gasteiger charge is 2.36. The lowest BCUT2D eigenvalue weighted by Gasteiger charge is -2.18. The molecule has 0 radical (unpaired) electrons. The van der Waals surface area contributed by atoms with Crippen LogP contribution in [0.15, 0.2) is 46.9 Å². The fourth-order valence-corrected chi connectivity index (χ4v) is 4.55. The molecule has 1 atom stereocenters.